The zero-order chi connectivity index (χ0) is 17.9. The smallest absolute Gasteiger partial charge is 0.243 e. The Bertz CT molecular complexity index is 798. The van der Waals surface area contributed by atoms with E-state index in [1.165, 1.54) is 5.56 Å². The van der Waals surface area contributed by atoms with Crippen molar-refractivity contribution in [2.24, 2.45) is 0 Å². The van der Waals surface area contributed by atoms with Crippen molar-refractivity contribution in [1.29, 1.82) is 0 Å². The molecular weight excluding hydrogens is 334 g/mol. The van der Waals surface area contributed by atoms with E-state index < -0.39 is 10.0 Å². The van der Waals surface area contributed by atoms with Crippen LogP contribution < -0.4 is 4.74 Å². The third kappa shape index (κ3) is 3.88. The Kier molecular flexibility index (Phi) is 5.45. The van der Waals surface area contributed by atoms with Gasteiger partial charge in [-0.05, 0) is 49.6 Å². The van der Waals surface area contributed by atoms with E-state index in [1.807, 2.05) is 6.92 Å². The van der Waals surface area contributed by atoms with Crippen molar-refractivity contribution in [3.8, 4) is 5.75 Å². The number of hydrogen-bond acceptors (Lipinski definition) is 3. The van der Waals surface area contributed by atoms with Crippen molar-refractivity contribution in [1.82, 2.24) is 4.31 Å². The summed E-state index contributed by atoms with van der Waals surface area (Å²) < 4.78 is 33.4. The number of sulfonamides is 1. The fraction of sp³-hybridized carbons (Fsp3) is 0.400. The molecule has 1 fully saturated rings. The molecule has 0 spiro atoms. The molecule has 134 valence electrons. The summed E-state index contributed by atoms with van der Waals surface area (Å²) in [5, 5.41) is 0. The zero-order valence-corrected chi connectivity index (χ0v) is 15.6. The van der Waals surface area contributed by atoms with Gasteiger partial charge in [0.2, 0.25) is 10.0 Å². The first-order chi connectivity index (χ1) is 12.0. The van der Waals surface area contributed by atoms with Crippen LogP contribution in [0.25, 0.3) is 0 Å². The second-order valence-electron chi connectivity index (χ2n) is 6.57. The van der Waals surface area contributed by atoms with Crippen LogP contribution in [0.1, 0.15) is 42.9 Å². The molecule has 4 nitrogen and oxygen atoms in total. The van der Waals surface area contributed by atoms with E-state index in [-0.39, 0.29) is 6.04 Å². The van der Waals surface area contributed by atoms with E-state index in [9.17, 15) is 8.42 Å². The van der Waals surface area contributed by atoms with Gasteiger partial charge >= 0.3 is 0 Å². The van der Waals surface area contributed by atoms with E-state index in [0.29, 0.717) is 17.2 Å². The van der Waals surface area contributed by atoms with Crippen LogP contribution >= 0.6 is 0 Å². The standard InChI is InChI=1S/C20H25NO3S/c1-16-7-9-17(10-8-16)20-6-4-3-5-15-21(20)25(22,23)19-13-11-18(24-2)12-14-19/h7-14,20H,3-6,15H2,1-2H3/t20-/m0/s1. The van der Waals surface area contributed by atoms with Gasteiger partial charge in [0, 0.05) is 6.54 Å². The van der Waals surface area contributed by atoms with Gasteiger partial charge in [0.05, 0.1) is 18.0 Å². The van der Waals surface area contributed by atoms with E-state index in [2.05, 4.69) is 24.3 Å². The molecule has 0 unspecified atom stereocenters. The Morgan fingerprint density at radius 1 is 0.960 bits per heavy atom. The van der Waals surface area contributed by atoms with Gasteiger partial charge < -0.3 is 4.74 Å². The van der Waals surface area contributed by atoms with E-state index in [1.54, 1.807) is 35.7 Å². The van der Waals surface area contributed by atoms with Gasteiger partial charge in [-0.1, -0.05) is 42.7 Å². The van der Waals surface area contributed by atoms with Crippen LogP contribution in [0.4, 0.5) is 0 Å². The number of hydrogen-bond donors (Lipinski definition) is 0. The Labute approximate surface area is 150 Å². The predicted molar refractivity (Wildman–Crippen MR) is 99.3 cm³/mol. The fourth-order valence-corrected chi connectivity index (χ4v) is 5.06. The third-order valence-corrected chi connectivity index (χ3v) is 6.75. The SMILES string of the molecule is COc1ccc(S(=O)(=O)N2CCCCC[C@H]2c2ccc(C)cc2)cc1. The molecule has 0 amide bonds. The van der Waals surface area contributed by atoms with Gasteiger partial charge in [-0.2, -0.15) is 4.31 Å². The number of ether oxygens (including phenoxy) is 1. The highest BCUT2D eigenvalue weighted by Gasteiger charge is 2.33. The topological polar surface area (TPSA) is 46.6 Å². The number of benzene rings is 2. The van der Waals surface area contributed by atoms with Gasteiger partial charge in [-0.25, -0.2) is 8.42 Å². The van der Waals surface area contributed by atoms with Crippen LogP contribution in [0.2, 0.25) is 0 Å². The number of methoxy groups -OCH3 is 1. The van der Waals surface area contributed by atoms with E-state index in [4.69, 9.17) is 4.74 Å². The van der Waals surface area contributed by atoms with Crippen molar-refractivity contribution < 1.29 is 13.2 Å². The molecule has 0 N–H and O–H groups in total. The Balaban J connectivity index is 1.98. The molecule has 0 aliphatic carbocycles. The van der Waals surface area contributed by atoms with Crippen molar-refractivity contribution in [2.75, 3.05) is 13.7 Å². The van der Waals surface area contributed by atoms with Crippen LogP contribution in [-0.4, -0.2) is 26.4 Å². The summed E-state index contributed by atoms with van der Waals surface area (Å²) in [7, 11) is -1.96. The first-order valence-corrected chi connectivity index (χ1v) is 10.2. The second kappa shape index (κ2) is 7.58. The third-order valence-electron chi connectivity index (χ3n) is 4.83. The monoisotopic (exact) mass is 359 g/mol. The largest absolute Gasteiger partial charge is 0.497 e. The second-order valence-corrected chi connectivity index (χ2v) is 8.46. The normalized spacial score (nSPS) is 19.4. The molecule has 1 aliphatic rings. The van der Waals surface area contributed by atoms with Crippen LogP contribution in [0.5, 0.6) is 5.75 Å². The maximum absolute atomic E-state index is 13.3. The molecule has 2 aromatic carbocycles. The lowest BCUT2D eigenvalue weighted by Gasteiger charge is -2.29. The average Bonchev–Trinajstić information content (AvgIpc) is 2.89. The summed E-state index contributed by atoms with van der Waals surface area (Å²) in [4.78, 5) is 0.326. The molecular formula is C20H25NO3S. The van der Waals surface area contributed by atoms with Gasteiger partial charge in [0.1, 0.15) is 5.75 Å². The van der Waals surface area contributed by atoms with Crippen molar-refractivity contribution in [2.45, 2.75) is 43.5 Å². The lowest BCUT2D eigenvalue weighted by molar-refractivity contribution is 0.329. The highest BCUT2D eigenvalue weighted by atomic mass is 32.2. The van der Waals surface area contributed by atoms with Crippen LogP contribution in [-0.2, 0) is 10.0 Å². The summed E-state index contributed by atoms with van der Waals surface area (Å²) in [6, 6.07) is 14.8. The highest BCUT2D eigenvalue weighted by Crippen LogP contribution is 2.35. The maximum Gasteiger partial charge on any atom is 0.243 e. The minimum absolute atomic E-state index is 0.102. The van der Waals surface area contributed by atoms with Crippen LogP contribution in [0, 0.1) is 6.92 Å². The van der Waals surface area contributed by atoms with Crippen LogP contribution in [0.15, 0.2) is 53.4 Å². The minimum atomic E-state index is -3.54. The Morgan fingerprint density at radius 2 is 1.64 bits per heavy atom. The van der Waals surface area contributed by atoms with Gasteiger partial charge in [-0.3, -0.25) is 0 Å². The van der Waals surface area contributed by atoms with Gasteiger partial charge in [0.25, 0.3) is 0 Å². The summed E-state index contributed by atoms with van der Waals surface area (Å²) >= 11 is 0. The molecule has 2 aromatic rings. The first-order valence-electron chi connectivity index (χ1n) is 8.75. The summed E-state index contributed by atoms with van der Waals surface area (Å²) in [5.74, 6) is 0.657. The molecule has 1 saturated heterocycles. The predicted octanol–water partition coefficient (Wildman–Crippen LogP) is 4.31. The molecule has 3 rings (SSSR count). The van der Waals surface area contributed by atoms with E-state index >= 15 is 0 Å². The molecule has 0 saturated carbocycles. The Hall–Kier alpha value is -1.85. The molecule has 0 aromatic heterocycles. The quantitative estimate of drug-likeness (QED) is 0.817. The fourth-order valence-electron chi connectivity index (χ4n) is 3.37. The molecule has 1 atom stereocenters. The summed E-state index contributed by atoms with van der Waals surface area (Å²) in [5.41, 5.74) is 2.26. The van der Waals surface area contributed by atoms with Crippen LogP contribution in [0.3, 0.4) is 0 Å². The zero-order valence-electron chi connectivity index (χ0n) is 14.8. The van der Waals surface area contributed by atoms with Gasteiger partial charge in [0.15, 0.2) is 0 Å². The minimum Gasteiger partial charge on any atom is -0.497 e. The molecule has 1 aliphatic heterocycles. The summed E-state index contributed by atoms with van der Waals surface area (Å²) in [6.07, 6.45) is 3.88. The number of aryl methyl sites for hydroxylation is 1. The Morgan fingerprint density at radius 3 is 2.28 bits per heavy atom. The first kappa shape index (κ1) is 18.0. The number of rotatable bonds is 4. The molecule has 0 radical (unpaired) electrons. The van der Waals surface area contributed by atoms with Crippen molar-refractivity contribution >= 4 is 10.0 Å². The average molecular weight is 359 g/mol. The maximum atomic E-state index is 13.3. The molecule has 25 heavy (non-hydrogen) atoms. The van der Waals surface area contributed by atoms with Crippen molar-refractivity contribution in [3.63, 3.8) is 0 Å². The lowest BCUT2D eigenvalue weighted by atomic mass is 10.0. The van der Waals surface area contributed by atoms with Crippen molar-refractivity contribution in [3.05, 3.63) is 59.7 Å². The van der Waals surface area contributed by atoms with Gasteiger partial charge in [-0.15, -0.1) is 0 Å². The molecule has 0 bridgehead atoms. The molecule has 5 heteroatoms. The summed E-state index contributed by atoms with van der Waals surface area (Å²) in [6.45, 7) is 2.61. The molecule has 1 heterocycles. The lowest BCUT2D eigenvalue weighted by Crippen LogP contribution is -2.34. The van der Waals surface area contributed by atoms with E-state index in [0.717, 1.165) is 31.2 Å². The highest BCUT2D eigenvalue weighted by molar-refractivity contribution is 7.89. The number of nitrogens with zero attached hydrogens (tertiary/aromatic N) is 1.